The Hall–Kier alpha value is -3.15. The van der Waals surface area contributed by atoms with Crippen molar-refractivity contribution in [2.24, 2.45) is 0 Å². The van der Waals surface area contributed by atoms with Gasteiger partial charge in [0.15, 0.2) is 0 Å². The summed E-state index contributed by atoms with van der Waals surface area (Å²) in [5.41, 5.74) is 1.18. The van der Waals surface area contributed by atoms with Crippen molar-refractivity contribution in [2.75, 3.05) is 13.2 Å². The number of carbonyl (C=O) groups is 1. The number of aromatic nitrogens is 2. The van der Waals surface area contributed by atoms with Gasteiger partial charge in [-0.3, -0.25) is 14.2 Å². The van der Waals surface area contributed by atoms with E-state index in [-0.39, 0.29) is 17.5 Å². The van der Waals surface area contributed by atoms with Gasteiger partial charge in [0, 0.05) is 13.0 Å². The number of carbonyl (C=O) groups excluding carboxylic acids is 1. The van der Waals surface area contributed by atoms with Crippen molar-refractivity contribution < 1.29 is 9.53 Å². The summed E-state index contributed by atoms with van der Waals surface area (Å²) in [5.74, 6) is 1.35. The molecule has 6 heteroatoms. The van der Waals surface area contributed by atoms with Crippen LogP contribution in [0, 0.1) is 0 Å². The second kappa shape index (κ2) is 9.57. The van der Waals surface area contributed by atoms with Crippen molar-refractivity contribution in [3.63, 3.8) is 0 Å². The summed E-state index contributed by atoms with van der Waals surface area (Å²) in [6, 6.07) is 14.3. The fraction of sp³-hybridized carbons (Fsp3) is 0.375. The molecule has 30 heavy (non-hydrogen) atoms. The van der Waals surface area contributed by atoms with Gasteiger partial charge in [0.25, 0.3) is 5.56 Å². The van der Waals surface area contributed by atoms with Crippen LogP contribution in [0.5, 0.6) is 5.75 Å². The van der Waals surface area contributed by atoms with Crippen molar-refractivity contribution in [3.8, 4) is 11.4 Å². The minimum atomic E-state index is -0.349. The maximum atomic E-state index is 13.5. The molecular formula is C24H29N3O3. The Bertz CT molecular complexity index is 1070. The second-order valence-corrected chi connectivity index (χ2v) is 7.16. The average molecular weight is 408 g/mol. The molecule has 0 fully saturated rings. The molecule has 0 aliphatic heterocycles. The van der Waals surface area contributed by atoms with Crippen LogP contribution < -0.4 is 10.3 Å². The van der Waals surface area contributed by atoms with E-state index in [1.807, 2.05) is 70.2 Å². The third-order valence-electron chi connectivity index (χ3n) is 5.17. The molecule has 0 N–H and O–H groups in total. The second-order valence-electron chi connectivity index (χ2n) is 7.16. The maximum Gasteiger partial charge on any atom is 0.266 e. The van der Waals surface area contributed by atoms with Crippen LogP contribution in [0.3, 0.4) is 0 Å². The quantitative estimate of drug-likeness (QED) is 0.552. The predicted octanol–water partition coefficient (Wildman–Crippen LogP) is 4.49. The van der Waals surface area contributed by atoms with Gasteiger partial charge in [-0.05, 0) is 63.6 Å². The zero-order valence-electron chi connectivity index (χ0n) is 18.1. The first-order chi connectivity index (χ1) is 14.5. The molecule has 1 heterocycles. The molecule has 0 spiro atoms. The van der Waals surface area contributed by atoms with Crippen molar-refractivity contribution in [1.82, 2.24) is 14.5 Å². The van der Waals surface area contributed by atoms with E-state index in [0.29, 0.717) is 42.0 Å². The molecule has 0 saturated carbocycles. The van der Waals surface area contributed by atoms with E-state index in [1.165, 1.54) is 0 Å². The smallest absolute Gasteiger partial charge is 0.266 e. The van der Waals surface area contributed by atoms with Crippen LogP contribution >= 0.6 is 0 Å². The molecule has 3 aromatic rings. The van der Waals surface area contributed by atoms with Crippen LogP contribution in [0.2, 0.25) is 0 Å². The number of benzene rings is 2. The molecule has 3 rings (SSSR count). The summed E-state index contributed by atoms with van der Waals surface area (Å²) in [4.78, 5) is 32.8. The molecular weight excluding hydrogens is 378 g/mol. The highest BCUT2D eigenvalue weighted by Crippen LogP contribution is 2.24. The van der Waals surface area contributed by atoms with E-state index < -0.39 is 0 Å². The first-order valence-electron chi connectivity index (χ1n) is 10.6. The monoisotopic (exact) mass is 407 g/mol. The molecule has 0 radical (unpaired) electrons. The number of para-hydroxylation sites is 1. The highest BCUT2D eigenvalue weighted by Gasteiger charge is 2.25. The number of rotatable bonds is 8. The summed E-state index contributed by atoms with van der Waals surface area (Å²) in [5, 5.41) is 0.547. The van der Waals surface area contributed by atoms with Crippen LogP contribution in [0.25, 0.3) is 16.6 Å². The minimum Gasteiger partial charge on any atom is -0.494 e. The lowest BCUT2D eigenvalue weighted by Crippen LogP contribution is -2.37. The molecule has 0 bridgehead atoms. The first-order valence-corrected chi connectivity index (χ1v) is 10.6. The highest BCUT2D eigenvalue weighted by atomic mass is 16.5. The van der Waals surface area contributed by atoms with Gasteiger partial charge in [-0.15, -0.1) is 0 Å². The fourth-order valence-electron chi connectivity index (χ4n) is 3.70. The number of hydrogen-bond acceptors (Lipinski definition) is 4. The van der Waals surface area contributed by atoms with Gasteiger partial charge in [0.05, 0.1) is 29.2 Å². The lowest BCUT2D eigenvalue weighted by atomic mass is 10.1. The largest absolute Gasteiger partial charge is 0.494 e. The van der Waals surface area contributed by atoms with E-state index in [1.54, 1.807) is 15.5 Å². The van der Waals surface area contributed by atoms with Crippen molar-refractivity contribution in [1.29, 1.82) is 0 Å². The van der Waals surface area contributed by atoms with Gasteiger partial charge in [-0.25, -0.2) is 4.98 Å². The van der Waals surface area contributed by atoms with E-state index in [0.717, 1.165) is 12.2 Å². The lowest BCUT2D eigenvalue weighted by molar-refractivity contribution is -0.133. The summed E-state index contributed by atoms with van der Waals surface area (Å²) in [6.07, 6.45) is 1.25. The van der Waals surface area contributed by atoms with Gasteiger partial charge in [-0.1, -0.05) is 19.1 Å². The molecule has 1 unspecified atom stereocenters. The fourth-order valence-corrected chi connectivity index (χ4v) is 3.70. The SMILES string of the molecule is CCCC(=O)N(CC)C(C)c1nc2ccccc2c(=O)n1-c1ccc(OCC)cc1. The average Bonchev–Trinajstić information content (AvgIpc) is 2.75. The zero-order valence-corrected chi connectivity index (χ0v) is 18.1. The zero-order chi connectivity index (χ0) is 21.7. The Balaban J connectivity index is 2.20. The van der Waals surface area contributed by atoms with E-state index in [9.17, 15) is 9.59 Å². The Morgan fingerprint density at radius 2 is 1.80 bits per heavy atom. The standard InChI is InChI=1S/C24H29N3O3/c1-5-10-22(28)26(6-2)17(4)23-25-21-12-9-8-11-20(21)24(29)27(23)18-13-15-19(16-14-18)30-7-3/h8-9,11-17H,5-7,10H2,1-4H3. The maximum absolute atomic E-state index is 13.5. The Morgan fingerprint density at radius 3 is 2.43 bits per heavy atom. The third kappa shape index (κ3) is 4.22. The molecule has 0 aliphatic carbocycles. The normalized spacial score (nSPS) is 12.0. The Labute approximate surface area is 177 Å². The van der Waals surface area contributed by atoms with Gasteiger partial charge in [0.1, 0.15) is 11.6 Å². The number of nitrogens with zero attached hydrogens (tertiary/aromatic N) is 3. The van der Waals surface area contributed by atoms with E-state index >= 15 is 0 Å². The van der Waals surface area contributed by atoms with Crippen molar-refractivity contribution in [2.45, 2.75) is 46.6 Å². The number of ether oxygens (including phenoxy) is 1. The number of amides is 1. The van der Waals surface area contributed by atoms with Gasteiger partial charge in [-0.2, -0.15) is 0 Å². The highest BCUT2D eigenvalue weighted by molar-refractivity contribution is 5.79. The summed E-state index contributed by atoms with van der Waals surface area (Å²) in [6.45, 7) is 8.91. The molecule has 158 valence electrons. The Morgan fingerprint density at radius 1 is 1.10 bits per heavy atom. The van der Waals surface area contributed by atoms with Crippen molar-refractivity contribution >= 4 is 16.8 Å². The van der Waals surface area contributed by atoms with E-state index in [4.69, 9.17) is 9.72 Å². The Kier molecular flexibility index (Phi) is 6.87. The minimum absolute atomic E-state index is 0.0631. The third-order valence-corrected chi connectivity index (χ3v) is 5.17. The predicted molar refractivity (Wildman–Crippen MR) is 119 cm³/mol. The molecule has 6 nitrogen and oxygen atoms in total. The lowest BCUT2D eigenvalue weighted by Gasteiger charge is -2.29. The first kappa shape index (κ1) is 21.6. The topological polar surface area (TPSA) is 64.4 Å². The van der Waals surface area contributed by atoms with E-state index in [2.05, 4.69) is 0 Å². The number of fused-ring (bicyclic) bond motifs is 1. The molecule has 1 amide bonds. The molecule has 0 saturated heterocycles. The molecule has 2 aromatic carbocycles. The van der Waals surface area contributed by atoms with Crippen molar-refractivity contribution in [3.05, 3.63) is 64.7 Å². The van der Waals surface area contributed by atoms with Crippen LogP contribution in [0.4, 0.5) is 0 Å². The van der Waals surface area contributed by atoms with Gasteiger partial charge >= 0.3 is 0 Å². The van der Waals surface area contributed by atoms with Crippen LogP contribution in [0.1, 0.15) is 52.4 Å². The molecule has 0 aliphatic rings. The summed E-state index contributed by atoms with van der Waals surface area (Å²) >= 11 is 0. The summed E-state index contributed by atoms with van der Waals surface area (Å²) in [7, 11) is 0. The summed E-state index contributed by atoms with van der Waals surface area (Å²) < 4.78 is 7.15. The molecule has 1 atom stereocenters. The molecule has 1 aromatic heterocycles. The van der Waals surface area contributed by atoms with Gasteiger partial charge < -0.3 is 9.64 Å². The van der Waals surface area contributed by atoms with Gasteiger partial charge in [0.2, 0.25) is 5.91 Å². The van der Waals surface area contributed by atoms with Crippen LogP contribution in [-0.2, 0) is 4.79 Å². The number of hydrogen-bond donors (Lipinski definition) is 0. The van der Waals surface area contributed by atoms with Crippen LogP contribution in [-0.4, -0.2) is 33.5 Å². The van der Waals surface area contributed by atoms with Crippen LogP contribution in [0.15, 0.2) is 53.3 Å².